The Labute approximate surface area is 91.0 Å². The first-order valence-electron chi connectivity index (χ1n) is 4.33. The third kappa shape index (κ3) is 3.93. The fourth-order valence-corrected chi connectivity index (χ4v) is 1.15. The molecule has 1 atom stereocenters. The predicted octanol–water partition coefficient (Wildman–Crippen LogP) is 1.50. The van der Waals surface area contributed by atoms with Crippen molar-refractivity contribution in [3.63, 3.8) is 0 Å². The van der Waals surface area contributed by atoms with Crippen LogP contribution < -0.4 is 0 Å². The highest BCUT2D eigenvalue weighted by Gasteiger charge is 2.25. The first-order chi connectivity index (χ1) is 6.89. The van der Waals surface area contributed by atoms with Gasteiger partial charge in [0.15, 0.2) is 11.6 Å². The van der Waals surface area contributed by atoms with Crippen molar-refractivity contribution < 1.29 is 8.94 Å². The van der Waals surface area contributed by atoms with E-state index in [0.29, 0.717) is 0 Å². The molecule has 0 radical (unpaired) electrons. The lowest BCUT2D eigenvalue weighted by Crippen LogP contribution is -2.25. The summed E-state index contributed by atoms with van der Waals surface area (Å²) in [4.78, 5) is 7.32. The van der Waals surface area contributed by atoms with Crippen LogP contribution in [0.3, 0.4) is 0 Å². The summed E-state index contributed by atoms with van der Waals surface area (Å²) in [7, 11) is 0. The Morgan fingerprint density at radius 1 is 1.40 bits per heavy atom. The molecule has 82 valence electrons. The van der Waals surface area contributed by atoms with Crippen LogP contribution in [0.5, 0.6) is 0 Å². The Balaban J connectivity index is 2.70. The zero-order valence-electron chi connectivity index (χ0n) is 8.77. The van der Waals surface area contributed by atoms with Gasteiger partial charge in [0.05, 0.1) is 12.4 Å². The topological polar surface area (TPSA) is 61.2 Å². The lowest BCUT2D eigenvalue weighted by atomic mass is 10.3. The van der Waals surface area contributed by atoms with Gasteiger partial charge in [-0.05, 0) is 20.8 Å². The number of rotatable bonds is 2. The number of hydrogen-bond acceptors (Lipinski definition) is 4. The molecule has 1 heterocycles. The lowest BCUT2D eigenvalue weighted by molar-refractivity contribution is 0.561. The second-order valence-corrected chi connectivity index (χ2v) is 5.79. The maximum absolute atomic E-state index is 12.4. The number of hydrogen-bond donors (Lipinski definition) is 0. The highest BCUT2D eigenvalue weighted by molar-refractivity contribution is 7.91. The van der Waals surface area contributed by atoms with Crippen LogP contribution in [-0.2, 0) is 11.4 Å². The maximum atomic E-state index is 12.4. The van der Waals surface area contributed by atoms with E-state index in [0.717, 1.165) is 12.4 Å². The van der Waals surface area contributed by atoms with Crippen molar-refractivity contribution in [2.45, 2.75) is 25.5 Å². The normalized spacial score (nSPS) is 14.5. The fourth-order valence-electron chi connectivity index (χ4n) is 0.642. The van der Waals surface area contributed by atoms with Gasteiger partial charge in [0.2, 0.25) is 0 Å². The molecule has 0 aliphatic rings. The van der Waals surface area contributed by atoms with E-state index in [-0.39, 0.29) is 5.82 Å². The van der Waals surface area contributed by atoms with E-state index >= 15 is 0 Å². The van der Waals surface area contributed by atoms with Gasteiger partial charge in [-0.1, -0.05) is 4.40 Å². The van der Waals surface area contributed by atoms with E-state index in [1.54, 1.807) is 0 Å². The SMILES string of the molecule is CC(C)(C)[S+]([O-])/N=C/c1ncc(F)cn1. The molecule has 15 heavy (non-hydrogen) atoms. The van der Waals surface area contributed by atoms with Gasteiger partial charge in [0.25, 0.3) is 0 Å². The maximum Gasteiger partial charge on any atom is 0.175 e. The van der Waals surface area contributed by atoms with E-state index in [4.69, 9.17) is 0 Å². The summed E-state index contributed by atoms with van der Waals surface area (Å²) in [6.45, 7) is 5.43. The minimum Gasteiger partial charge on any atom is -0.591 e. The van der Waals surface area contributed by atoms with Crippen molar-refractivity contribution in [3.8, 4) is 0 Å². The summed E-state index contributed by atoms with van der Waals surface area (Å²) in [5.74, 6) is -0.266. The molecule has 6 heteroatoms. The molecule has 0 fully saturated rings. The third-order valence-corrected chi connectivity index (χ3v) is 2.77. The Kier molecular flexibility index (Phi) is 3.76. The number of halogens is 1. The molecule has 0 amide bonds. The van der Waals surface area contributed by atoms with Crippen molar-refractivity contribution in [3.05, 3.63) is 24.0 Å². The van der Waals surface area contributed by atoms with Crippen molar-refractivity contribution in [1.29, 1.82) is 0 Å². The van der Waals surface area contributed by atoms with Crippen molar-refractivity contribution in [2.75, 3.05) is 0 Å². The zero-order chi connectivity index (χ0) is 11.5. The van der Waals surface area contributed by atoms with Gasteiger partial charge in [-0.15, -0.1) is 0 Å². The smallest absolute Gasteiger partial charge is 0.175 e. The Morgan fingerprint density at radius 3 is 2.40 bits per heavy atom. The van der Waals surface area contributed by atoms with Gasteiger partial charge in [0.1, 0.15) is 22.3 Å². The van der Waals surface area contributed by atoms with Gasteiger partial charge in [-0.25, -0.2) is 14.4 Å². The lowest BCUT2D eigenvalue weighted by Gasteiger charge is -2.17. The zero-order valence-corrected chi connectivity index (χ0v) is 9.58. The van der Waals surface area contributed by atoms with Crippen LogP contribution in [0.15, 0.2) is 16.8 Å². The molecule has 0 N–H and O–H groups in total. The Morgan fingerprint density at radius 2 is 1.93 bits per heavy atom. The van der Waals surface area contributed by atoms with Gasteiger partial charge in [-0.3, -0.25) is 0 Å². The second-order valence-electron chi connectivity index (χ2n) is 3.86. The molecule has 0 aliphatic carbocycles. The molecule has 0 saturated heterocycles. The number of nitrogens with zero attached hydrogens (tertiary/aromatic N) is 3. The van der Waals surface area contributed by atoms with E-state index in [1.165, 1.54) is 6.21 Å². The van der Waals surface area contributed by atoms with E-state index < -0.39 is 21.9 Å². The first kappa shape index (κ1) is 12.1. The highest BCUT2D eigenvalue weighted by atomic mass is 32.2. The molecule has 0 spiro atoms. The molecule has 0 aliphatic heterocycles. The molecule has 0 saturated carbocycles. The Bertz CT molecular complexity index is 347. The van der Waals surface area contributed by atoms with Gasteiger partial charge < -0.3 is 4.55 Å². The molecule has 1 rings (SSSR count). The van der Waals surface area contributed by atoms with Crippen LogP contribution in [0.25, 0.3) is 0 Å². The molecule has 4 nitrogen and oxygen atoms in total. The van der Waals surface area contributed by atoms with Gasteiger partial charge >= 0.3 is 0 Å². The largest absolute Gasteiger partial charge is 0.591 e. The quantitative estimate of drug-likeness (QED) is 0.570. The average Bonchev–Trinajstić information content (AvgIpc) is 2.15. The second kappa shape index (κ2) is 4.67. The highest BCUT2D eigenvalue weighted by Crippen LogP contribution is 2.16. The minimum absolute atomic E-state index is 0.244. The predicted molar refractivity (Wildman–Crippen MR) is 57.5 cm³/mol. The molecule has 0 bridgehead atoms. The summed E-state index contributed by atoms with van der Waals surface area (Å²) in [5.41, 5.74) is 0. The summed E-state index contributed by atoms with van der Waals surface area (Å²) < 4.78 is 27.3. The van der Waals surface area contributed by atoms with Gasteiger partial charge in [0, 0.05) is 0 Å². The summed E-state index contributed by atoms with van der Waals surface area (Å²) >= 11 is -1.35. The van der Waals surface area contributed by atoms with Crippen LogP contribution in [0.4, 0.5) is 4.39 Å². The van der Waals surface area contributed by atoms with Crippen molar-refractivity contribution in [2.24, 2.45) is 4.40 Å². The third-order valence-electron chi connectivity index (χ3n) is 1.43. The van der Waals surface area contributed by atoms with Gasteiger partial charge in [-0.2, -0.15) is 0 Å². The standard InChI is InChI=1S/C9H12FN3OS/c1-9(2,3)15(14)13-6-8-11-4-7(10)5-12-8/h4-6H,1-3H3/b13-6+. The molecular formula is C9H12FN3OS. The van der Waals surface area contributed by atoms with Crippen molar-refractivity contribution >= 4 is 17.6 Å². The van der Waals surface area contributed by atoms with E-state index in [1.807, 2.05) is 20.8 Å². The average molecular weight is 229 g/mol. The van der Waals surface area contributed by atoms with Crippen LogP contribution in [-0.4, -0.2) is 25.5 Å². The minimum atomic E-state index is -1.35. The van der Waals surface area contributed by atoms with Crippen molar-refractivity contribution in [1.82, 2.24) is 9.97 Å². The first-order valence-corrected chi connectivity index (χ1v) is 5.44. The Hall–Kier alpha value is -1.01. The molecule has 1 aromatic heterocycles. The van der Waals surface area contributed by atoms with Crippen LogP contribution in [0.1, 0.15) is 26.6 Å². The molecule has 1 unspecified atom stereocenters. The van der Waals surface area contributed by atoms with E-state index in [9.17, 15) is 8.94 Å². The van der Waals surface area contributed by atoms with E-state index in [2.05, 4.69) is 14.4 Å². The van der Waals surface area contributed by atoms with Crippen LogP contribution in [0.2, 0.25) is 0 Å². The summed E-state index contributed by atoms with van der Waals surface area (Å²) in [6, 6.07) is 0. The molecule has 1 aromatic rings. The summed E-state index contributed by atoms with van der Waals surface area (Å²) in [6.07, 6.45) is 3.35. The molecular weight excluding hydrogens is 217 g/mol. The molecule has 0 aromatic carbocycles. The monoisotopic (exact) mass is 229 g/mol. The van der Waals surface area contributed by atoms with Crippen LogP contribution in [0, 0.1) is 5.82 Å². The summed E-state index contributed by atoms with van der Waals surface area (Å²) in [5, 5.41) is 0. The fraction of sp³-hybridized carbons (Fsp3) is 0.444. The van der Waals surface area contributed by atoms with Crippen LogP contribution >= 0.6 is 0 Å². The number of aromatic nitrogens is 2.